The van der Waals surface area contributed by atoms with Crippen LogP contribution < -0.4 is 10.2 Å². The fourth-order valence-corrected chi connectivity index (χ4v) is 2.63. The number of nitrogens with zero attached hydrogens (tertiary/aromatic N) is 3. The highest BCUT2D eigenvalue weighted by Crippen LogP contribution is 2.25. The van der Waals surface area contributed by atoms with Gasteiger partial charge in [-0.15, -0.1) is 10.2 Å². The Labute approximate surface area is 158 Å². The molecule has 27 heavy (non-hydrogen) atoms. The van der Waals surface area contributed by atoms with Gasteiger partial charge in [-0.25, -0.2) is 0 Å². The largest absolute Gasteiger partial charge is 0.383 e. The average molecular weight is 362 g/mol. The Balaban J connectivity index is 1.81. The molecular formula is C21H22N4O2. The number of carbonyl (C=O) groups excluding carboxylic acids is 1. The van der Waals surface area contributed by atoms with Gasteiger partial charge in [-0.3, -0.25) is 4.79 Å². The SMILES string of the molecule is COCCNC(=O)c1ccc(N(Cc2ccccc2)c2ccccc2)nn1. The van der Waals surface area contributed by atoms with Crippen LogP contribution in [0.2, 0.25) is 0 Å². The smallest absolute Gasteiger partial charge is 0.271 e. The number of hydrogen-bond acceptors (Lipinski definition) is 5. The Bertz CT molecular complexity index is 839. The zero-order valence-corrected chi connectivity index (χ0v) is 15.2. The van der Waals surface area contributed by atoms with Crippen LogP contribution in [0.15, 0.2) is 72.8 Å². The molecule has 0 aliphatic rings. The highest BCUT2D eigenvalue weighted by Gasteiger charge is 2.14. The van der Waals surface area contributed by atoms with Gasteiger partial charge in [0.25, 0.3) is 5.91 Å². The van der Waals surface area contributed by atoms with Crippen LogP contribution in [0.4, 0.5) is 11.5 Å². The molecule has 1 amide bonds. The van der Waals surface area contributed by atoms with Crippen LogP contribution in [-0.2, 0) is 11.3 Å². The molecule has 0 bridgehead atoms. The second-order valence-electron chi connectivity index (χ2n) is 5.93. The number of para-hydroxylation sites is 1. The minimum Gasteiger partial charge on any atom is -0.383 e. The third-order valence-electron chi connectivity index (χ3n) is 4.00. The van der Waals surface area contributed by atoms with E-state index in [9.17, 15) is 4.79 Å². The lowest BCUT2D eigenvalue weighted by molar-refractivity contribution is 0.0931. The van der Waals surface area contributed by atoms with Crippen molar-refractivity contribution in [2.75, 3.05) is 25.2 Å². The summed E-state index contributed by atoms with van der Waals surface area (Å²) in [5.74, 6) is 0.416. The number of hydrogen-bond donors (Lipinski definition) is 1. The highest BCUT2D eigenvalue weighted by molar-refractivity contribution is 5.92. The van der Waals surface area contributed by atoms with Gasteiger partial charge in [-0.05, 0) is 29.8 Å². The van der Waals surface area contributed by atoms with E-state index in [1.165, 1.54) is 0 Å². The van der Waals surface area contributed by atoms with Crippen LogP contribution in [0.1, 0.15) is 16.1 Å². The van der Waals surface area contributed by atoms with Gasteiger partial charge in [0.1, 0.15) is 0 Å². The van der Waals surface area contributed by atoms with E-state index < -0.39 is 0 Å². The second kappa shape index (κ2) is 9.45. The number of aromatic nitrogens is 2. The minimum absolute atomic E-state index is 0.263. The van der Waals surface area contributed by atoms with Crippen molar-refractivity contribution in [3.63, 3.8) is 0 Å². The van der Waals surface area contributed by atoms with E-state index in [0.29, 0.717) is 25.5 Å². The Morgan fingerprint density at radius 3 is 2.30 bits per heavy atom. The Kier molecular flexibility index (Phi) is 6.49. The van der Waals surface area contributed by atoms with Gasteiger partial charge in [0, 0.05) is 25.9 Å². The van der Waals surface area contributed by atoms with Crippen molar-refractivity contribution < 1.29 is 9.53 Å². The molecule has 0 aliphatic carbocycles. The summed E-state index contributed by atoms with van der Waals surface area (Å²) in [5.41, 5.74) is 2.44. The van der Waals surface area contributed by atoms with Crippen LogP contribution in [0.5, 0.6) is 0 Å². The number of amides is 1. The molecule has 138 valence electrons. The van der Waals surface area contributed by atoms with Gasteiger partial charge in [0.2, 0.25) is 0 Å². The summed E-state index contributed by atoms with van der Waals surface area (Å²) < 4.78 is 4.93. The van der Waals surface area contributed by atoms with Crippen LogP contribution in [0.3, 0.4) is 0 Å². The third-order valence-corrected chi connectivity index (χ3v) is 4.00. The standard InChI is InChI=1S/C21H22N4O2/c1-27-15-14-22-21(26)19-12-13-20(24-23-19)25(18-10-6-3-7-11-18)16-17-8-4-2-5-9-17/h2-13H,14-16H2,1H3,(H,22,26). The van der Waals surface area contributed by atoms with Crippen molar-refractivity contribution in [2.24, 2.45) is 0 Å². The number of methoxy groups -OCH3 is 1. The van der Waals surface area contributed by atoms with Crippen molar-refractivity contribution in [3.05, 3.63) is 84.1 Å². The summed E-state index contributed by atoms with van der Waals surface area (Å²) in [6, 6.07) is 23.6. The number of carbonyl (C=O) groups is 1. The molecule has 0 aliphatic heterocycles. The molecule has 0 spiro atoms. The van der Waals surface area contributed by atoms with Gasteiger partial charge in [0.05, 0.1) is 6.61 Å². The number of rotatable bonds is 8. The average Bonchev–Trinajstić information content (AvgIpc) is 2.74. The van der Waals surface area contributed by atoms with Gasteiger partial charge in [-0.2, -0.15) is 0 Å². The fourth-order valence-electron chi connectivity index (χ4n) is 2.63. The van der Waals surface area contributed by atoms with Gasteiger partial charge in [-0.1, -0.05) is 48.5 Å². The zero-order valence-electron chi connectivity index (χ0n) is 15.2. The first-order chi connectivity index (χ1) is 13.3. The van der Waals surface area contributed by atoms with Crippen molar-refractivity contribution in [1.29, 1.82) is 0 Å². The van der Waals surface area contributed by atoms with Crippen molar-refractivity contribution >= 4 is 17.4 Å². The number of anilines is 2. The van der Waals surface area contributed by atoms with E-state index in [1.54, 1.807) is 13.2 Å². The topological polar surface area (TPSA) is 67.3 Å². The van der Waals surface area contributed by atoms with E-state index in [1.807, 2.05) is 54.6 Å². The van der Waals surface area contributed by atoms with Crippen LogP contribution >= 0.6 is 0 Å². The molecule has 1 aromatic heterocycles. The van der Waals surface area contributed by atoms with E-state index in [2.05, 4.69) is 32.5 Å². The van der Waals surface area contributed by atoms with Crippen molar-refractivity contribution in [1.82, 2.24) is 15.5 Å². The lowest BCUT2D eigenvalue weighted by Gasteiger charge is -2.23. The lowest BCUT2D eigenvalue weighted by Crippen LogP contribution is -2.28. The second-order valence-corrected chi connectivity index (χ2v) is 5.93. The molecule has 3 aromatic rings. The predicted octanol–water partition coefficient (Wildman–Crippen LogP) is 3.19. The third kappa shape index (κ3) is 5.12. The predicted molar refractivity (Wildman–Crippen MR) is 105 cm³/mol. The fraction of sp³-hybridized carbons (Fsp3) is 0.190. The van der Waals surface area contributed by atoms with E-state index in [0.717, 1.165) is 11.3 Å². The molecule has 3 rings (SSSR count). The number of ether oxygens (including phenoxy) is 1. The van der Waals surface area contributed by atoms with Crippen molar-refractivity contribution in [2.45, 2.75) is 6.54 Å². The molecule has 6 heteroatoms. The molecule has 6 nitrogen and oxygen atoms in total. The summed E-state index contributed by atoms with van der Waals surface area (Å²) in [6.45, 7) is 1.54. The van der Waals surface area contributed by atoms with Gasteiger partial charge >= 0.3 is 0 Å². The molecule has 0 atom stereocenters. The summed E-state index contributed by atoms with van der Waals surface area (Å²) in [6.07, 6.45) is 0. The quantitative estimate of drug-likeness (QED) is 0.624. The molecule has 0 unspecified atom stereocenters. The summed E-state index contributed by atoms with van der Waals surface area (Å²) in [7, 11) is 1.59. The maximum Gasteiger partial charge on any atom is 0.271 e. The summed E-state index contributed by atoms with van der Waals surface area (Å²) in [4.78, 5) is 14.1. The van der Waals surface area contributed by atoms with Gasteiger partial charge < -0.3 is 15.0 Å². The first kappa shape index (κ1) is 18.5. The molecule has 0 saturated heterocycles. The number of nitrogens with one attached hydrogen (secondary N) is 1. The molecule has 0 saturated carbocycles. The number of benzene rings is 2. The first-order valence-corrected chi connectivity index (χ1v) is 8.75. The molecule has 0 fully saturated rings. The van der Waals surface area contributed by atoms with Crippen LogP contribution in [0.25, 0.3) is 0 Å². The Morgan fingerprint density at radius 2 is 1.67 bits per heavy atom. The van der Waals surface area contributed by atoms with E-state index in [-0.39, 0.29) is 11.6 Å². The monoisotopic (exact) mass is 362 g/mol. The molecule has 1 heterocycles. The van der Waals surface area contributed by atoms with Crippen LogP contribution in [0, 0.1) is 0 Å². The summed E-state index contributed by atoms with van der Waals surface area (Å²) in [5, 5.41) is 11.1. The molecule has 2 aromatic carbocycles. The molecule has 1 N–H and O–H groups in total. The van der Waals surface area contributed by atoms with Gasteiger partial charge in [0.15, 0.2) is 11.5 Å². The highest BCUT2D eigenvalue weighted by atomic mass is 16.5. The first-order valence-electron chi connectivity index (χ1n) is 8.75. The zero-order chi connectivity index (χ0) is 18.9. The van der Waals surface area contributed by atoms with Crippen LogP contribution in [-0.4, -0.2) is 36.4 Å². The Hall–Kier alpha value is -3.25. The van der Waals surface area contributed by atoms with E-state index >= 15 is 0 Å². The molecular weight excluding hydrogens is 340 g/mol. The normalized spacial score (nSPS) is 10.4. The minimum atomic E-state index is -0.263. The lowest BCUT2D eigenvalue weighted by atomic mass is 10.2. The summed E-state index contributed by atoms with van der Waals surface area (Å²) >= 11 is 0. The van der Waals surface area contributed by atoms with Crippen molar-refractivity contribution in [3.8, 4) is 0 Å². The maximum absolute atomic E-state index is 12.1. The molecule has 0 radical (unpaired) electrons. The van der Waals surface area contributed by atoms with E-state index in [4.69, 9.17) is 4.74 Å². The Morgan fingerprint density at radius 1 is 0.963 bits per heavy atom. The maximum atomic E-state index is 12.1.